The zero-order valence-corrected chi connectivity index (χ0v) is 16.4. The SMILES string of the molecule is CC.CCC(=O)O.CNc1nc(-c2ccccc2O)nc2cc(C)ccc12. The monoisotopic (exact) mass is 369 g/mol. The lowest BCUT2D eigenvalue weighted by Gasteiger charge is -2.09. The minimum absolute atomic E-state index is 0.182. The summed E-state index contributed by atoms with van der Waals surface area (Å²) < 4.78 is 0. The van der Waals surface area contributed by atoms with Crippen molar-refractivity contribution in [3.05, 3.63) is 48.0 Å². The lowest BCUT2D eigenvalue weighted by molar-refractivity contribution is -0.136. The van der Waals surface area contributed by atoms with Gasteiger partial charge in [0.25, 0.3) is 0 Å². The van der Waals surface area contributed by atoms with Gasteiger partial charge in [-0.2, -0.15) is 0 Å². The highest BCUT2D eigenvalue weighted by atomic mass is 16.4. The number of aromatic hydroxyl groups is 1. The Kier molecular flexibility index (Phi) is 8.72. The molecule has 0 saturated heterocycles. The van der Waals surface area contributed by atoms with Crippen molar-refractivity contribution >= 4 is 22.7 Å². The molecule has 0 atom stereocenters. The van der Waals surface area contributed by atoms with Crippen LogP contribution in [0.1, 0.15) is 32.8 Å². The fourth-order valence-corrected chi connectivity index (χ4v) is 2.21. The van der Waals surface area contributed by atoms with E-state index in [1.54, 1.807) is 19.1 Å². The van der Waals surface area contributed by atoms with E-state index < -0.39 is 5.97 Å². The van der Waals surface area contributed by atoms with Gasteiger partial charge in [0.15, 0.2) is 5.82 Å². The number of carboxylic acids is 1. The highest BCUT2D eigenvalue weighted by Crippen LogP contribution is 2.29. The van der Waals surface area contributed by atoms with E-state index in [4.69, 9.17) is 5.11 Å². The summed E-state index contributed by atoms with van der Waals surface area (Å²) in [6.45, 7) is 7.63. The Balaban J connectivity index is 0.000000454. The average molecular weight is 369 g/mol. The van der Waals surface area contributed by atoms with E-state index in [1.807, 2.05) is 58.2 Å². The van der Waals surface area contributed by atoms with Crippen molar-refractivity contribution in [1.82, 2.24) is 9.97 Å². The molecule has 3 N–H and O–H groups in total. The molecule has 0 radical (unpaired) electrons. The van der Waals surface area contributed by atoms with Crippen molar-refractivity contribution in [3.8, 4) is 17.1 Å². The normalized spacial score (nSPS) is 9.52. The fourth-order valence-electron chi connectivity index (χ4n) is 2.21. The largest absolute Gasteiger partial charge is 0.507 e. The van der Waals surface area contributed by atoms with Crippen molar-refractivity contribution in [2.75, 3.05) is 12.4 Å². The van der Waals surface area contributed by atoms with Gasteiger partial charge in [0.1, 0.15) is 11.6 Å². The summed E-state index contributed by atoms with van der Waals surface area (Å²) in [7, 11) is 1.83. The van der Waals surface area contributed by atoms with Crippen molar-refractivity contribution in [2.24, 2.45) is 0 Å². The second-order valence-electron chi connectivity index (χ2n) is 5.43. The molecule has 1 aromatic heterocycles. The molecule has 0 aliphatic heterocycles. The Bertz CT molecular complexity index is 895. The number of hydrogen-bond donors (Lipinski definition) is 3. The number of fused-ring (bicyclic) bond motifs is 1. The van der Waals surface area contributed by atoms with Crippen LogP contribution >= 0.6 is 0 Å². The van der Waals surface area contributed by atoms with E-state index in [9.17, 15) is 9.90 Å². The first-order valence-corrected chi connectivity index (χ1v) is 8.92. The van der Waals surface area contributed by atoms with Gasteiger partial charge in [-0.25, -0.2) is 9.97 Å². The minimum Gasteiger partial charge on any atom is -0.507 e. The number of aromatic nitrogens is 2. The first kappa shape index (κ1) is 21.9. The molecule has 0 saturated carbocycles. The van der Waals surface area contributed by atoms with Crippen LogP contribution in [0.5, 0.6) is 5.75 Å². The predicted molar refractivity (Wildman–Crippen MR) is 110 cm³/mol. The van der Waals surface area contributed by atoms with Crippen LogP contribution in [0.15, 0.2) is 42.5 Å². The van der Waals surface area contributed by atoms with Crippen LogP contribution < -0.4 is 5.32 Å². The van der Waals surface area contributed by atoms with Gasteiger partial charge in [-0.1, -0.05) is 39.0 Å². The second-order valence-corrected chi connectivity index (χ2v) is 5.43. The van der Waals surface area contributed by atoms with E-state index in [2.05, 4.69) is 15.3 Å². The number of phenols is 1. The quantitative estimate of drug-likeness (QED) is 0.610. The second kappa shape index (κ2) is 10.8. The van der Waals surface area contributed by atoms with Crippen molar-refractivity contribution < 1.29 is 15.0 Å². The molecule has 0 amide bonds. The number of nitrogens with one attached hydrogen (secondary N) is 1. The van der Waals surface area contributed by atoms with E-state index in [-0.39, 0.29) is 12.2 Å². The zero-order chi connectivity index (χ0) is 20.4. The lowest BCUT2D eigenvalue weighted by Crippen LogP contribution is -1.99. The molecule has 0 unspecified atom stereocenters. The molecule has 0 spiro atoms. The molecule has 144 valence electrons. The van der Waals surface area contributed by atoms with E-state index in [0.29, 0.717) is 11.4 Å². The van der Waals surface area contributed by atoms with Gasteiger partial charge < -0.3 is 15.5 Å². The Hall–Kier alpha value is -3.15. The summed E-state index contributed by atoms with van der Waals surface area (Å²) >= 11 is 0. The Morgan fingerprint density at radius 1 is 1.11 bits per heavy atom. The number of carbonyl (C=O) groups is 1. The van der Waals surface area contributed by atoms with Gasteiger partial charge in [-0.05, 0) is 36.8 Å². The molecule has 0 bridgehead atoms. The van der Waals surface area contributed by atoms with Crippen molar-refractivity contribution in [2.45, 2.75) is 34.1 Å². The highest BCUT2D eigenvalue weighted by Gasteiger charge is 2.11. The summed E-state index contributed by atoms with van der Waals surface area (Å²) in [4.78, 5) is 18.4. The summed E-state index contributed by atoms with van der Waals surface area (Å²) in [6, 6.07) is 13.1. The average Bonchev–Trinajstić information content (AvgIpc) is 2.69. The number of anilines is 1. The smallest absolute Gasteiger partial charge is 0.303 e. The Morgan fingerprint density at radius 2 is 1.74 bits per heavy atom. The van der Waals surface area contributed by atoms with Crippen molar-refractivity contribution in [3.63, 3.8) is 0 Å². The van der Waals surface area contributed by atoms with Gasteiger partial charge in [-0.3, -0.25) is 4.79 Å². The molecule has 6 heteroatoms. The van der Waals surface area contributed by atoms with Gasteiger partial charge in [-0.15, -0.1) is 0 Å². The number of aryl methyl sites for hydroxylation is 1. The first-order valence-electron chi connectivity index (χ1n) is 8.92. The van der Waals surface area contributed by atoms with E-state index >= 15 is 0 Å². The molecule has 0 fully saturated rings. The number of aliphatic carboxylic acids is 1. The summed E-state index contributed by atoms with van der Waals surface area (Å²) in [5.41, 5.74) is 2.64. The van der Waals surface area contributed by atoms with Gasteiger partial charge in [0.2, 0.25) is 0 Å². The van der Waals surface area contributed by atoms with Crippen LogP contribution in [0, 0.1) is 6.92 Å². The van der Waals surface area contributed by atoms with Crippen LogP contribution in [0.2, 0.25) is 0 Å². The number of hydrogen-bond acceptors (Lipinski definition) is 5. The Morgan fingerprint density at radius 3 is 2.30 bits per heavy atom. The molecule has 6 nitrogen and oxygen atoms in total. The summed E-state index contributed by atoms with van der Waals surface area (Å²) in [5, 5.41) is 21.7. The molecular weight excluding hydrogens is 342 g/mol. The van der Waals surface area contributed by atoms with Crippen LogP contribution in [0.4, 0.5) is 5.82 Å². The molecule has 3 aromatic rings. The predicted octanol–water partition coefficient (Wildman–Crippen LogP) is 4.86. The lowest BCUT2D eigenvalue weighted by atomic mass is 10.1. The Labute approximate surface area is 159 Å². The molecule has 0 aliphatic rings. The summed E-state index contributed by atoms with van der Waals surface area (Å²) in [5.74, 6) is 0.713. The third-order valence-corrected chi connectivity index (χ3v) is 3.54. The number of benzene rings is 2. The first-order chi connectivity index (χ1) is 13.0. The highest BCUT2D eigenvalue weighted by molar-refractivity contribution is 5.91. The number of nitrogens with zero attached hydrogens (tertiary/aromatic N) is 2. The van der Waals surface area contributed by atoms with Gasteiger partial charge in [0, 0.05) is 18.9 Å². The maximum absolute atomic E-state index is 9.95. The molecular formula is C21H27N3O3. The van der Waals surface area contributed by atoms with Crippen molar-refractivity contribution in [1.29, 1.82) is 0 Å². The fraction of sp³-hybridized carbons (Fsp3) is 0.286. The van der Waals surface area contributed by atoms with Crippen LogP contribution in [-0.4, -0.2) is 33.2 Å². The van der Waals surface area contributed by atoms with E-state index in [0.717, 1.165) is 22.3 Å². The van der Waals surface area contributed by atoms with Crippen LogP contribution in [-0.2, 0) is 4.79 Å². The number of carboxylic acid groups (broad SMARTS) is 1. The molecule has 2 aromatic carbocycles. The third-order valence-electron chi connectivity index (χ3n) is 3.54. The van der Waals surface area contributed by atoms with Gasteiger partial charge in [0.05, 0.1) is 11.1 Å². The molecule has 1 heterocycles. The number of phenolic OH excluding ortho intramolecular Hbond substituents is 1. The maximum Gasteiger partial charge on any atom is 0.303 e. The standard InChI is InChI=1S/C16H15N3O.C3H6O2.C2H6/c1-10-7-8-11-13(9-10)18-16(19-15(11)17-2)12-5-3-4-6-14(12)20;1-2-3(4)5;1-2/h3-9,20H,1-2H3,(H,17,18,19);2H2,1H3,(H,4,5);1-2H3. The molecule has 3 rings (SSSR count). The topological polar surface area (TPSA) is 95.3 Å². The van der Waals surface area contributed by atoms with E-state index in [1.165, 1.54) is 0 Å². The minimum atomic E-state index is -0.745. The summed E-state index contributed by atoms with van der Waals surface area (Å²) in [6.07, 6.45) is 0.222. The molecule has 27 heavy (non-hydrogen) atoms. The molecule has 0 aliphatic carbocycles. The zero-order valence-electron chi connectivity index (χ0n) is 16.4. The third kappa shape index (κ3) is 5.95. The van der Waals surface area contributed by atoms with Crippen LogP contribution in [0.25, 0.3) is 22.3 Å². The maximum atomic E-state index is 9.95. The number of rotatable bonds is 3. The van der Waals surface area contributed by atoms with Crippen LogP contribution in [0.3, 0.4) is 0 Å². The number of para-hydroxylation sites is 1. The van der Waals surface area contributed by atoms with Gasteiger partial charge >= 0.3 is 5.97 Å².